The Bertz CT molecular complexity index is 396. The molecule has 1 aliphatic rings. The second kappa shape index (κ2) is 7.22. The van der Waals surface area contributed by atoms with Gasteiger partial charge in [-0.15, -0.1) is 0 Å². The van der Waals surface area contributed by atoms with Crippen molar-refractivity contribution in [2.75, 3.05) is 30.5 Å². The van der Waals surface area contributed by atoms with Gasteiger partial charge >= 0.3 is 0 Å². The number of nitrogens with zero attached hydrogens (tertiary/aromatic N) is 2. The minimum atomic E-state index is 0.264. The van der Waals surface area contributed by atoms with Crippen LogP contribution in [-0.4, -0.2) is 35.8 Å². The molecule has 2 rings (SSSR count). The zero-order valence-electron chi connectivity index (χ0n) is 11.2. The summed E-state index contributed by atoms with van der Waals surface area (Å²) in [5.41, 5.74) is 2.53. The third-order valence-electron chi connectivity index (χ3n) is 2.89. The fourth-order valence-electron chi connectivity index (χ4n) is 1.94. The molecule has 0 amide bonds. The number of nitrogens with two attached hydrogens (primary N) is 1. The molecule has 1 saturated heterocycles. The summed E-state index contributed by atoms with van der Waals surface area (Å²) in [6.07, 6.45) is 2.48. The monoisotopic (exact) mass is 267 g/mol. The summed E-state index contributed by atoms with van der Waals surface area (Å²) in [7, 11) is 0. The van der Waals surface area contributed by atoms with Crippen LogP contribution in [0.15, 0.2) is 6.07 Å². The lowest BCUT2D eigenvalue weighted by Gasteiger charge is -2.13. The van der Waals surface area contributed by atoms with Crippen LogP contribution in [0.25, 0.3) is 0 Å². The van der Waals surface area contributed by atoms with Gasteiger partial charge in [0.15, 0.2) is 5.82 Å². The van der Waals surface area contributed by atoms with Crippen molar-refractivity contribution < 1.29 is 9.47 Å². The molecule has 4 N–H and O–H groups in total. The first-order valence-corrected chi connectivity index (χ1v) is 6.59. The van der Waals surface area contributed by atoms with Crippen molar-refractivity contribution >= 4 is 11.6 Å². The van der Waals surface area contributed by atoms with Gasteiger partial charge in [0.25, 0.3) is 0 Å². The van der Waals surface area contributed by atoms with Gasteiger partial charge in [0.2, 0.25) is 0 Å². The largest absolute Gasteiger partial charge is 0.376 e. The van der Waals surface area contributed by atoms with Crippen LogP contribution in [0.4, 0.5) is 11.6 Å². The molecule has 1 unspecified atom stereocenters. The fourth-order valence-corrected chi connectivity index (χ4v) is 1.94. The lowest BCUT2D eigenvalue weighted by molar-refractivity contribution is 0.120. The average Bonchev–Trinajstić information content (AvgIpc) is 2.96. The van der Waals surface area contributed by atoms with E-state index in [-0.39, 0.29) is 6.10 Å². The van der Waals surface area contributed by atoms with Gasteiger partial charge in [0, 0.05) is 25.8 Å². The quantitative estimate of drug-likeness (QED) is 0.499. The summed E-state index contributed by atoms with van der Waals surface area (Å²) in [5, 5.41) is 3.25. The molecule has 0 spiro atoms. The molecule has 1 aromatic heterocycles. The van der Waals surface area contributed by atoms with Gasteiger partial charge in [-0.1, -0.05) is 0 Å². The highest BCUT2D eigenvalue weighted by Crippen LogP contribution is 2.15. The highest BCUT2D eigenvalue weighted by atomic mass is 16.5. The summed E-state index contributed by atoms with van der Waals surface area (Å²) in [6, 6.07) is 1.77. The fraction of sp³-hybridized carbons (Fsp3) is 0.667. The second-order valence-corrected chi connectivity index (χ2v) is 4.35. The van der Waals surface area contributed by atoms with Crippen molar-refractivity contribution in [3.63, 3.8) is 0 Å². The van der Waals surface area contributed by atoms with Gasteiger partial charge in [0.1, 0.15) is 18.2 Å². The molecule has 1 fully saturated rings. The van der Waals surface area contributed by atoms with E-state index in [4.69, 9.17) is 15.3 Å². The van der Waals surface area contributed by atoms with E-state index >= 15 is 0 Å². The van der Waals surface area contributed by atoms with E-state index in [2.05, 4.69) is 20.7 Å². The number of hydrazine groups is 1. The van der Waals surface area contributed by atoms with Crippen LogP contribution in [-0.2, 0) is 16.1 Å². The first-order valence-electron chi connectivity index (χ1n) is 6.59. The Morgan fingerprint density at radius 1 is 1.47 bits per heavy atom. The highest BCUT2D eigenvalue weighted by Gasteiger charge is 2.15. The minimum Gasteiger partial charge on any atom is -0.376 e. The number of nitrogen functional groups attached to an aromatic ring is 1. The topological polar surface area (TPSA) is 94.3 Å². The van der Waals surface area contributed by atoms with Crippen molar-refractivity contribution in [1.82, 2.24) is 9.97 Å². The van der Waals surface area contributed by atoms with Crippen LogP contribution in [0, 0.1) is 0 Å². The first-order chi connectivity index (χ1) is 9.31. The first kappa shape index (κ1) is 14.0. The van der Waals surface area contributed by atoms with Crippen LogP contribution in [0.3, 0.4) is 0 Å². The zero-order chi connectivity index (χ0) is 13.5. The third kappa shape index (κ3) is 4.30. The summed E-state index contributed by atoms with van der Waals surface area (Å²) < 4.78 is 10.9. The van der Waals surface area contributed by atoms with E-state index in [0.717, 1.165) is 31.8 Å². The molecule has 1 atom stereocenters. The molecule has 1 aliphatic heterocycles. The van der Waals surface area contributed by atoms with E-state index in [9.17, 15) is 0 Å². The highest BCUT2D eigenvalue weighted by molar-refractivity contribution is 5.46. The molecule has 7 nitrogen and oxygen atoms in total. The minimum absolute atomic E-state index is 0.264. The Kier molecular flexibility index (Phi) is 5.31. The average molecular weight is 267 g/mol. The van der Waals surface area contributed by atoms with Gasteiger partial charge in [-0.05, 0) is 19.8 Å². The number of aromatic nitrogens is 2. The van der Waals surface area contributed by atoms with Crippen molar-refractivity contribution in [3.8, 4) is 0 Å². The molecule has 0 aliphatic carbocycles. The normalized spacial score (nSPS) is 18.5. The predicted octanol–water partition coefficient (Wildman–Crippen LogP) is 0.890. The van der Waals surface area contributed by atoms with Crippen LogP contribution in [0.2, 0.25) is 0 Å². The number of nitrogens with one attached hydrogen (secondary N) is 2. The van der Waals surface area contributed by atoms with Crippen molar-refractivity contribution in [2.24, 2.45) is 5.84 Å². The number of hydrogen-bond acceptors (Lipinski definition) is 7. The van der Waals surface area contributed by atoms with E-state index < -0.39 is 0 Å². The SMILES string of the molecule is CCOCc1nc(NN)cc(NCC2CCCO2)n1. The molecule has 7 heteroatoms. The maximum Gasteiger partial charge on any atom is 0.158 e. The summed E-state index contributed by atoms with van der Waals surface area (Å²) in [4.78, 5) is 8.61. The Morgan fingerprint density at radius 2 is 2.32 bits per heavy atom. The van der Waals surface area contributed by atoms with E-state index in [1.54, 1.807) is 6.07 Å². The molecule has 0 aromatic carbocycles. The number of ether oxygens (including phenoxy) is 2. The summed E-state index contributed by atoms with van der Waals surface area (Å²) in [5.74, 6) is 7.30. The molecule has 19 heavy (non-hydrogen) atoms. The van der Waals surface area contributed by atoms with Crippen LogP contribution in [0.5, 0.6) is 0 Å². The number of anilines is 2. The molecule has 1 aromatic rings. The maximum absolute atomic E-state index is 5.56. The Morgan fingerprint density at radius 3 is 3.00 bits per heavy atom. The second-order valence-electron chi connectivity index (χ2n) is 4.35. The molecule has 0 radical (unpaired) electrons. The van der Waals surface area contributed by atoms with Gasteiger partial charge in [-0.25, -0.2) is 15.8 Å². The number of hydrogen-bond donors (Lipinski definition) is 3. The predicted molar refractivity (Wildman–Crippen MR) is 72.6 cm³/mol. The van der Waals surface area contributed by atoms with Crippen LogP contribution >= 0.6 is 0 Å². The third-order valence-corrected chi connectivity index (χ3v) is 2.89. The maximum atomic E-state index is 5.56. The Hall–Kier alpha value is -1.44. The summed E-state index contributed by atoms with van der Waals surface area (Å²) in [6.45, 7) is 4.53. The zero-order valence-corrected chi connectivity index (χ0v) is 11.2. The molecule has 2 heterocycles. The van der Waals surface area contributed by atoms with Gasteiger partial charge in [-0.3, -0.25) is 0 Å². The smallest absolute Gasteiger partial charge is 0.158 e. The van der Waals surface area contributed by atoms with Crippen LogP contribution < -0.4 is 16.6 Å². The van der Waals surface area contributed by atoms with Gasteiger partial charge in [-0.2, -0.15) is 0 Å². The van der Waals surface area contributed by atoms with E-state index in [1.165, 1.54) is 0 Å². The lowest BCUT2D eigenvalue weighted by atomic mass is 10.2. The summed E-state index contributed by atoms with van der Waals surface area (Å²) >= 11 is 0. The Labute approximate surface area is 112 Å². The lowest BCUT2D eigenvalue weighted by Crippen LogP contribution is -2.20. The van der Waals surface area contributed by atoms with Gasteiger partial charge in [0.05, 0.1) is 6.10 Å². The van der Waals surface area contributed by atoms with Crippen LogP contribution in [0.1, 0.15) is 25.6 Å². The Balaban J connectivity index is 1.96. The molecule has 0 saturated carbocycles. The van der Waals surface area contributed by atoms with Crippen molar-refractivity contribution in [1.29, 1.82) is 0 Å². The van der Waals surface area contributed by atoms with Crippen molar-refractivity contribution in [3.05, 3.63) is 11.9 Å². The van der Waals surface area contributed by atoms with E-state index in [0.29, 0.717) is 24.9 Å². The van der Waals surface area contributed by atoms with Gasteiger partial charge < -0.3 is 20.2 Å². The molecule has 0 bridgehead atoms. The molecular formula is C12H21N5O2. The standard InChI is InChI=1S/C12H21N5O2/c1-2-18-8-12-15-10(6-11(16-12)17-13)14-7-9-4-3-5-19-9/h6,9H,2-5,7-8,13H2,1H3,(H2,14,15,16,17). The molecular weight excluding hydrogens is 246 g/mol. The number of rotatable bonds is 7. The van der Waals surface area contributed by atoms with Crippen molar-refractivity contribution in [2.45, 2.75) is 32.5 Å². The molecule has 106 valence electrons. The van der Waals surface area contributed by atoms with E-state index in [1.807, 2.05) is 6.92 Å².